The van der Waals surface area contributed by atoms with Crippen LogP contribution in [0.15, 0.2) is 47.6 Å². The molecule has 0 bridgehead atoms. The first kappa shape index (κ1) is 19.0. The number of nitrogen functional groups attached to an aromatic ring is 1. The number of nitrogens with one attached hydrogen (secondary N) is 1. The minimum Gasteiger partial charge on any atom is -0.383 e. The smallest absolute Gasteiger partial charge is 0.383 e. The SMILES string of the molecule is Cn1nc(C(F)(F)F)cc1-c1ccc(NC(=O)c2ccc(N=O)cc2)nc1N. The van der Waals surface area contributed by atoms with Crippen molar-refractivity contribution >= 4 is 23.2 Å². The van der Waals surface area contributed by atoms with E-state index in [1.54, 1.807) is 0 Å². The van der Waals surface area contributed by atoms with Gasteiger partial charge in [0.2, 0.25) is 0 Å². The molecule has 3 rings (SSSR count). The number of aryl methyl sites for hydroxylation is 1. The number of alkyl halides is 3. The Bertz CT molecular complexity index is 1040. The van der Waals surface area contributed by atoms with E-state index in [2.05, 4.69) is 20.6 Å². The molecule has 8 nitrogen and oxygen atoms in total. The minimum absolute atomic E-state index is 0.0740. The summed E-state index contributed by atoms with van der Waals surface area (Å²) < 4.78 is 39.5. The highest BCUT2D eigenvalue weighted by Gasteiger charge is 2.35. The van der Waals surface area contributed by atoms with E-state index >= 15 is 0 Å². The Morgan fingerprint density at radius 1 is 1.18 bits per heavy atom. The number of anilines is 2. The lowest BCUT2D eigenvalue weighted by atomic mass is 10.1. The number of nitroso groups, excluding NO2 is 1. The first-order valence-corrected chi connectivity index (χ1v) is 7.82. The fourth-order valence-electron chi connectivity index (χ4n) is 2.48. The number of carbonyl (C=O) groups is 1. The molecule has 0 aliphatic heterocycles. The average Bonchev–Trinajstić information content (AvgIpc) is 3.04. The highest BCUT2D eigenvalue weighted by atomic mass is 19.4. The maximum absolute atomic E-state index is 12.8. The molecule has 0 atom stereocenters. The van der Waals surface area contributed by atoms with Crippen molar-refractivity contribution in [1.29, 1.82) is 0 Å². The average molecular weight is 390 g/mol. The van der Waals surface area contributed by atoms with Gasteiger partial charge >= 0.3 is 6.18 Å². The van der Waals surface area contributed by atoms with E-state index in [1.165, 1.54) is 43.4 Å². The first-order chi connectivity index (χ1) is 13.2. The van der Waals surface area contributed by atoms with Gasteiger partial charge in [0.05, 0.1) is 5.69 Å². The molecule has 3 N–H and O–H groups in total. The van der Waals surface area contributed by atoms with E-state index in [-0.39, 0.29) is 34.1 Å². The summed E-state index contributed by atoms with van der Waals surface area (Å²) in [6.45, 7) is 0. The molecule has 1 amide bonds. The Morgan fingerprint density at radius 3 is 2.39 bits per heavy atom. The number of pyridine rings is 1. The van der Waals surface area contributed by atoms with Gasteiger partial charge in [0.25, 0.3) is 5.91 Å². The molecule has 0 saturated heterocycles. The number of nitrogens with zero attached hydrogens (tertiary/aromatic N) is 4. The van der Waals surface area contributed by atoms with Crippen molar-refractivity contribution in [2.24, 2.45) is 12.2 Å². The van der Waals surface area contributed by atoms with Crippen molar-refractivity contribution in [3.8, 4) is 11.3 Å². The van der Waals surface area contributed by atoms with E-state index in [0.29, 0.717) is 0 Å². The number of aromatic nitrogens is 3. The zero-order valence-corrected chi connectivity index (χ0v) is 14.4. The molecule has 0 fully saturated rings. The molecule has 11 heteroatoms. The van der Waals surface area contributed by atoms with Gasteiger partial charge in [-0.3, -0.25) is 9.48 Å². The summed E-state index contributed by atoms with van der Waals surface area (Å²) in [5, 5.41) is 8.69. The van der Waals surface area contributed by atoms with Crippen LogP contribution in [0.1, 0.15) is 16.1 Å². The normalized spacial score (nSPS) is 11.3. The molecule has 2 aromatic heterocycles. The molecule has 144 valence electrons. The maximum Gasteiger partial charge on any atom is 0.435 e. The van der Waals surface area contributed by atoms with Crippen molar-refractivity contribution in [1.82, 2.24) is 14.8 Å². The first-order valence-electron chi connectivity index (χ1n) is 7.82. The number of halogens is 3. The minimum atomic E-state index is -4.58. The van der Waals surface area contributed by atoms with Gasteiger partial charge < -0.3 is 11.1 Å². The Hall–Kier alpha value is -3.76. The van der Waals surface area contributed by atoms with Crippen molar-refractivity contribution in [3.05, 3.63) is 58.6 Å². The van der Waals surface area contributed by atoms with Gasteiger partial charge in [-0.2, -0.15) is 18.3 Å². The number of benzene rings is 1. The molecule has 3 aromatic rings. The fraction of sp³-hybridized carbons (Fsp3) is 0.118. The molecule has 1 aromatic carbocycles. The molecule has 0 unspecified atom stereocenters. The highest BCUT2D eigenvalue weighted by molar-refractivity contribution is 6.04. The van der Waals surface area contributed by atoms with Gasteiger partial charge in [0, 0.05) is 18.2 Å². The van der Waals surface area contributed by atoms with Crippen LogP contribution in [-0.4, -0.2) is 20.7 Å². The van der Waals surface area contributed by atoms with Gasteiger partial charge in [-0.25, -0.2) is 4.98 Å². The van der Waals surface area contributed by atoms with Crippen LogP contribution in [-0.2, 0) is 13.2 Å². The third-order valence-corrected chi connectivity index (χ3v) is 3.85. The molecule has 0 aliphatic carbocycles. The fourth-order valence-corrected chi connectivity index (χ4v) is 2.48. The summed E-state index contributed by atoms with van der Waals surface area (Å²) >= 11 is 0. The Kier molecular flexibility index (Phi) is 4.82. The van der Waals surface area contributed by atoms with Crippen LogP contribution in [0, 0.1) is 4.91 Å². The predicted molar refractivity (Wildman–Crippen MR) is 95.7 cm³/mol. The van der Waals surface area contributed by atoms with E-state index in [1.807, 2.05) is 0 Å². The molecular weight excluding hydrogens is 377 g/mol. The van der Waals surface area contributed by atoms with E-state index in [4.69, 9.17) is 5.73 Å². The second kappa shape index (κ2) is 7.10. The lowest BCUT2D eigenvalue weighted by molar-refractivity contribution is -0.141. The molecule has 0 saturated carbocycles. The van der Waals surface area contributed by atoms with Crippen LogP contribution < -0.4 is 11.1 Å². The molecule has 0 aliphatic rings. The van der Waals surface area contributed by atoms with Gasteiger partial charge in [0.1, 0.15) is 17.3 Å². The number of amides is 1. The van der Waals surface area contributed by atoms with E-state index in [9.17, 15) is 22.9 Å². The van der Waals surface area contributed by atoms with Crippen LogP contribution in [0.5, 0.6) is 0 Å². The molecule has 0 radical (unpaired) electrons. The maximum atomic E-state index is 12.8. The standard InChI is InChI=1S/C17H13F3N6O2/c1-26-12(8-13(24-26)17(18,19)20)11-6-7-14(22-15(11)21)23-16(27)9-2-4-10(25-28)5-3-9/h2-8H,1H3,(H3,21,22,23,27). The van der Waals surface area contributed by atoms with Crippen molar-refractivity contribution in [2.75, 3.05) is 11.1 Å². The number of rotatable bonds is 4. The Morgan fingerprint density at radius 2 is 1.86 bits per heavy atom. The summed E-state index contributed by atoms with van der Waals surface area (Å²) in [5.41, 5.74) is 5.63. The topological polar surface area (TPSA) is 115 Å². The van der Waals surface area contributed by atoms with Crippen LogP contribution in [0.3, 0.4) is 0 Å². The summed E-state index contributed by atoms with van der Waals surface area (Å²) in [6.07, 6.45) is -4.58. The highest BCUT2D eigenvalue weighted by Crippen LogP contribution is 2.33. The van der Waals surface area contributed by atoms with Crippen LogP contribution in [0.4, 0.5) is 30.5 Å². The summed E-state index contributed by atoms with van der Waals surface area (Å²) in [6, 6.07) is 9.31. The molecular formula is C17H13F3N6O2. The number of nitrogens with two attached hydrogens (primary N) is 1. The lowest BCUT2D eigenvalue weighted by Crippen LogP contribution is -2.13. The van der Waals surface area contributed by atoms with E-state index < -0.39 is 17.8 Å². The van der Waals surface area contributed by atoms with Crippen LogP contribution in [0.25, 0.3) is 11.3 Å². The van der Waals surface area contributed by atoms with Crippen molar-refractivity contribution in [3.63, 3.8) is 0 Å². The largest absolute Gasteiger partial charge is 0.435 e. The third kappa shape index (κ3) is 3.82. The van der Waals surface area contributed by atoms with Gasteiger partial charge in [0.15, 0.2) is 5.69 Å². The predicted octanol–water partition coefficient (Wildman–Crippen LogP) is 3.73. The second-order valence-electron chi connectivity index (χ2n) is 5.76. The zero-order valence-electron chi connectivity index (χ0n) is 14.4. The van der Waals surface area contributed by atoms with Crippen LogP contribution in [0.2, 0.25) is 0 Å². The number of carbonyl (C=O) groups excluding carboxylic acids is 1. The van der Waals surface area contributed by atoms with Gasteiger partial charge in [-0.05, 0) is 47.6 Å². The number of hydrogen-bond donors (Lipinski definition) is 2. The number of hydrogen-bond acceptors (Lipinski definition) is 6. The summed E-state index contributed by atoms with van der Waals surface area (Å²) in [4.78, 5) is 26.6. The summed E-state index contributed by atoms with van der Waals surface area (Å²) in [7, 11) is 1.36. The summed E-state index contributed by atoms with van der Waals surface area (Å²) in [5.74, 6) is -0.464. The lowest BCUT2D eigenvalue weighted by Gasteiger charge is -2.09. The van der Waals surface area contributed by atoms with Crippen molar-refractivity contribution < 1.29 is 18.0 Å². The Balaban J connectivity index is 1.83. The van der Waals surface area contributed by atoms with Crippen LogP contribution >= 0.6 is 0 Å². The third-order valence-electron chi connectivity index (χ3n) is 3.85. The quantitative estimate of drug-likeness (QED) is 0.659. The molecule has 28 heavy (non-hydrogen) atoms. The zero-order chi connectivity index (χ0) is 20.5. The Labute approximate surface area is 156 Å². The second-order valence-corrected chi connectivity index (χ2v) is 5.76. The van der Waals surface area contributed by atoms with E-state index in [0.717, 1.165) is 10.7 Å². The monoisotopic (exact) mass is 390 g/mol. The van der Waals surface area contributed by atoms with Gasteiger partial charge in [-0.1, -0.05) is 0 Å². The molecule has 0 spiro atoms. The van der Waals surface area contributed by atoms with Gasteiger partial charge in [-0.15, -0.1) is 4.91 Å². The molecule has 2 heterocycles. The van der Waals surface area contributed by atoms with Crippen molar-refractivity contribution in [2.45, 2.75) is 6.18 Å².